The molecule has 14 heavy (non-hydrogen) atoms. The van der Waals surface area contributed by atoms with E-state index >= 15 is 0 Å². The van der Waals surface area contributed by atoms with Gasteiger partial charge >= 0.3 is 0 Å². The molecular formula is C10H11FN2O. The first kappa shape index (κ1) is 10.2. The van der Waals surface area contributed by atoms with Gasteiger partial charge < -0.3 is 11.5 Å². The van der Waals surface area contributed by atoms with Crippen LogP contribution in [0, 0.1) is 5.82 Å². The molecule has 0 fully saturated rings. The van der Waals surface area contributed by atoms with Crippen molar-refractivity contribution < 1.29 is 9.18 Å². The van der Waals surface area contributed by atoms with Crippen LogP contribution < -0.4 is 11.5 Å². The van der Waals surface area contributed by atoms with Crippen molar-refractivity contribution in [2.75, 3.05) is 5.73 Å². The average Bonchev–Trinajstić information content (AvgIpc) is 2.01. The molecule has 4 N–H and O–H groups in total. The van der Waals surface area contributed by atoms with E-state index in [0.29, 0.717) is 11.3 Å². The average molecular weight is 194 g/mol. The van der Waals surface area contributed by atoms with Crippen molar-refractivity contribution in [2.24, 2.45) is 5.73 Å². The summed E-state index contributed by atoms with van der Waals surface area (Å²) in [5, 5.41) is 0. The van der Waals surface area contributed by atoms with Crippen LogP contribution in [0.2, 0.25) is 0 Å². The summed E-state index contributed by atoms with van der Waals surface area (Å²) in [6.45, 7) is 0. The largest absolute Gasteiger partial charge is 0.399 e. The van der Waals surface area contributed by atoms with E-state index in [4.69, 9.17) is 11.5 Å². The number of nitrogen functional groups attached to an aromatic ring is 1. The quantitative estimate of drug-likeness (QED) is 0.712. The summed E-state index contributed by atoms with van der Waals surface area (Å²) in [6.07, 6.45) is 3.30. The number of rotatable bonds is 3. The maximum Gasteiger partial charge on any atom is 0.221 e. The van der Waals surface area contributed by atoms with Crippen molar-refractivity contribution in [2.45, 2.75) is 6.42 Å². The molecule has 4 heteroatoms. The predicted octanol–water partition coefficient (Wildman–Crippen LogP) is 1.30. The zero-order chi connectivity index (χ0) is 10.6. The molecule has 0 heterocycles. The minimum Gasteiger partial charge on any atom is -0.399 e. The maximum absolute atomic E-state index is 12.8. The molecule has 0 aromatic heterocycles. The second-order valence-corrected chi connectivity index (χ2v) is 2.89. The third-order valence-electron chi connectivity index (χ3n) is 1.57. The zero-order valence-electron chi connectivity index (χ0n) is 7.53. The van der Waals surface area contributed by atoms with E-state index in [2.05, 4.69) is 0 Å². The van der Waals surface area contributed by atoms with Crippen LogP contribution in [0.1, 0.15) is 12.0 Å². The Balaban J connectivity index is 2.76. The van der Waals surface area contributed by atoms with Gasteiger partial charge in [0.1, 0.15) is 5.82 Å². The van der Waals surface area contributed by atoms with Crippen molar-refractivity contribution in [1.82, 2.24) is 0 Å². The van der Waals surface area contributed by atoms with Gasteiger partial charge in [0.2, 0.25) is 5.91 Å². The van der Waals surface area contributed by atoms with Crippen molar-refractivity contribution in [3.05, 3.63) is 35.7 Å². The Bertz CT molecular complexity index is 354. The predicted molar refractivity (Wildman–Crippen MR) is 53.7 cm³/mol. The molecule has 1 aromatic rings. The zero-order valence-corrected chi connectivity index (χ0v) is 7.53. The smallest absolute Gasteiger partial charge is 0.221 e. The summed E-state index contributed by atoms with van der Waals surface area (Å²) in [7, 11) is 0. The lowest BCUT2D eigenvalue weighted by molar-refractivity contribution is -0.117. The van der Waals surface area contributed by atoms with Crippen LogP contribution in [0.25, 0.3) is 6.08 Å². The van der Waals surface area contributed by atoms with Gasteiger partial charge in [0, 0.05) is 12.1 Å². The topological polar surface area (TPSA) is 69.1 Å². The van der Waals surface area contributed by atoms with Gasteiger partial charge in [-0.1, -0.05) is 12.2 Å². The summed E-state index contributed by atoms with van der Waals surface area (Å²) in [4.78, 5) is 10.4. The number of hydrogen-bond acceptors (Lipinski definition) is 2. The number of primary amides is 1. The fourth-order valence-corrected chi connectivity index (χ4v) is 1.04. The number of nitrogens with two attached hydrogens (primary N) is 2. The Morgan fingerprint density at radius 3 is 2.71 bits per heavy atom. The molecule has 1 rings (SSSR count). The second kappa shape index (κ2) is 4.41. The third kappa shape index (κ3) is 3.26. The van der Waals surface area contributed by atoms with Gasteiger partial charge in [-0.3, -0.25) is 4.79 Å². The summed E-state index contributed by atoms with van der Waals surface area (Å²) in [5.74, 6) is -0.825. The lowest BCUT2D eigenvalue weighted by atomic mass is 10.1. The Labute approximate surface area is 81.2 Å². The number of hydrogen-bond donors (Lipinski definition) is 2. The number of carbonyl (C=O) groups is 1. The highest BCUT2D eigenvalue weighted by Gasteiger charge is 1.95. The molecule has 0 aliphatic rings. The van der Waals surface area contributed by atoms with Gasteiger partial charge in [0.15, 0.2) is 0 Å². The summed E-state index contributed by atoms with van der Waals surface area (Å²) >= 11 is 0. The van der Waals surface area contributed by atoms with Gasteiger partial charge in [0.25, 0.3) is 0 Å². The molecule has 0 atom stereocenters. The summed E-state index contributed by atoms with van der Waals surface area (Å²) in [6, 6.07) is 4.17. The normalized spacial score (nSPS) is 10.6. The second-order valence-electron chi connectivity index (χ2n) is 2.89. The van der Waals surface area contributed by atoms with Crippen LogP contribution >= 0.6 is 0 Å². The third-order valence-corrected chi connectivity index (χ3v) is 1.57. The minimum atomic E-state index is -0.425. The molecule has 0 saturated carbocycles. The number of benzene rings is 1. The molecule has 0 bridgehead atoms. The maximum atomic E-state index is 12.8. The van der Waals surface area contributed by atoms with Crippen LogP contribution in [0.4, 0.5) is 10.1 Å². The first-order chi connectivity index (χ1) is 6.58. The molecule has 0 radical (unpaired) electrons. The fraction of sp³-hybridized carbons (Fsp3) is 0.100. The molecule has 0 unspecified atom stereocenters. The molecule has 0 aliphatic heterocycles. The van der Waals surface area contributed by atoms with Gasteiger partial charge in [-0.25, -0.2) is 4.39 Å². The van der Waals surface area contributed by atoms with Gasteiger partial charge in [0.05, 0.1) is 0 Å². The van der Waals surface area contributed by atoms with E-state index < -0.39 is 11.7 Å². The first-order valence-corrected chi connectivity index (χ1v) is 4.09. The van der Waals surface area contributed by atoms with Crippen LogP contribution in [0.3, 0.4) is 0 Å². The lowest BCUT2D eigenvalue weighted by Gasteiger charge is -1.97. The van der Waals surface area contributed by atoms with Crippen molar-refractivity contribution in [3.63, 3.8) is 0 Å². The molecule has 0 saturated heterocycles. The summed E-state index contributed by atoms with van der Waals surface area (Å²) < 4.78 is 12.8. The first-order valence-electron chi connectivity index (χ1n) is 4.09. The Hall–Kier alpha value is -1.84. The molecule has 0 spiro atoms. The highest BCUT2D eigenvalue weighted by atomic mass is 19.1. The lowest BCUT2D eigenvalue weighted by Crippen LogP contribution is -2.07. The number of amides is 1. The van der Waals surface area contributed by atoms with E-state index in [1.165, 1.54) is 12.1 Å². The van der Waals surface area contributed by atoms with Crippen LogP contribution in [0.5, 0.6) is 0 Å². The molecule has 3 nitrogen and oxygen atoms in total. The van der Waals surface area contributed by atoms with E-state index in [1.807, 2.05) is 0 Å². The van der Waals surface area contributed by atoms with E-state index in [0.717, 1.165) is 0 Å². The Morgan fingerprint density at radius 2 is 2.14 bits per heavy atom. The van der Waals surface area contributed by atoms with Crippen molar-refractivity contribution in [3.8, 4) is 0 Å². The molecule has 1 amide bonds. The van der Waals surface area contributed by atoms with Crippen LogP contribution in [-0.4, -0.2) is 5.91 Å². The Morgan fingerprint density at radius 1 is 1.43 bits per heavy atom. The monoisotopic (exact) mass is 194 g/mol. The highest BCUT2D eigenvalue weighted by molar-refractivity contribution is 5.76. The summed E-state index contributed by atoms with van der Waals surface area (Å²) in [5.41, 5.74) is 11.3. The van der Waals surface area contributed by atoms with E-state index in [1.54, 1.807) is 18.2 Å². The van der Waals surface area contributed by atoms with Crippen molar-refractivity contribution >= 4 is 17.7 Å². The fourth-order valence-electron chi connectivity index (χ4n) is 1.04. The van der Waals surface area contributed by atoms with Gasteiger partial charge in [-0.2, -0.15) is 0 Å². The molecule has 1 aromatic carbocycles. The van der Waals surface area contributed by atoms with Gasteiger partial charge in [-0.05, 0) is 23.8 Å². The SMILES string of the molecule is NC(=O)CC=Cc1cc(N)cc(F)c1. The molecule has 74 valence electrons. The molecule has 0 aliphatic carbocycles. The van der Waals surface area contributed by atoms with Crippen LogP contribution in [0.15, 0.2) is 24.3 Å². The van der Waals surface area contributed by atoms with Crippen LogP contribution in [-0.2, 0) is 4.79 Å². The van der Waals surface area contributed by atoms with E-state index in [-0.39, 0.29) is 6.42 Å². The van der Waals surface area contributed by atoms with E-state index in [9.17, 15) is 9.18 Å². The molecular weight excluding hydrogens is 183 g/mol. The number of carbonyl (C=O) groups excluding carboxylic acids is 1. The standard InChI is InChI=1S/C10H11FN2O/c11-8-4-7(5-9(12)6-8)2-1-3-10(13)14/h1-2,4-6H,3,12H2,(H2,13,14). The number of halogens is 1. The highest BCUT2D eigenvalue weighted by Crippen LogP contribution is 2.12. The Kier molecular flexibility index (Phi) is 3.23. The van der Waals surface area contributed by atoms with Crippen molar-refractivity contribution in [1.29, 1.82) is 0 Å². The minimum absolute atomic E-state index is 0.135. The number of anilines is 1. The van der Waals surface area contributed by atoms with Gasteiger partial charge in [-0.15, -0.1) is 0 Å².